The van der Waals surface area contributed by atoms with Crippen LogP contribution in [-0.4, -0.2) is 6.54 Å². The minimum absolute atomic E-state index is 0.501. The molecule has 19 heavy (non-hydrogen) atoms. The van der Waals surface area contributed by atoms with Crippen LogP contribution in [-0.2, 0) is 13.0 Å². The first-order valence-electron chi connectivity index (χ1n) is 7.26. The molecule has 2 aromatic carbocycles. The minimum Gasteiger partial charge on any atom is -0.312 e. The van der Waals surface area contributed by atoms with Crippen LogP contribution in [0.1, 0.15) is 41.5 Å². The maximum absolute atomic E-state index is 3.53. The summed E-state index contributed by atoms with van der Waals surface area (Å²) in [6.45, 7) is 4.28. The van der Waals surface area contributed by atoms with Crippen LogP contribution in [0.4, 0.5) is 0 Å². The molecule has 0 saturated carbocycles. The second-order valence-electron chi connectivity index (χ2n) is 5.37. The fourth-order valence-corrected chi connectivity index (χ4v) is 3.00. The third-order valence-corrected chi connectivity index (χ3v) is 4.02. The van der Waals surface area contributed by atoms with Gasteiger partial charge < -0.3 is 5.32 Å². The average molecular weight is 251 g/mol. The highest BCUT2D eigenvalue weighted by Gasteiger charge is 2.20. The molecule has 0 radical (unpaired) electrons. The van der Waals surface area contributed by atoms with Gasteiger partial charge in [-0.2, -0.15) is 0 Å². The van der Waals surface area contributed by atoms with Crippen LogP contribution >= 0.6 is 0 Å². The molecule has 1 nitrogen and oxygen atoms in total. The summed E-state index contributed by atoms with van der Waals surface area (Å²) in [5.74, 6) is 0.501. The van der Waals surface area contributed by atoms with Gasteiger partial charge in [0, 0.05) is 19.0 Å². The normalized spacial score (nSPS) is 18.1. The largest absolute Gasteiger partial charge is 0.312 e. The third kappa shape index (κ3) is 2.57. The zero-order chi connectivity index (χ0) is 13.1. The maximum Gasteiger partial charge on any atom is 0.0218 e. The highest BCUT2D eigenvalue weighted by Crippen LogP contribution is 2.30. The van der Waals surface area contributed by atoms with Crippen molar-refractivity contribution in [1.29, 1.82) is 0 Å². The van der Waals surface area contributed by atoms with Gasteiger partial charge in [-0.05, 0) is 28.7 Å². The molecule has 0 saturated heterocycles. The smallest absolute Gasteiger partial charge is 0.0218 e. The predicted octanol–water partition coefficient (Wildman–Crippen LogP) is 3.87. The van der Waals surface area contributed by atoms with E-state index in [0.717, 1.165) is 13.1 Å². The van der Waals surface area contributed by atoms with Crippen LogP contribution in [0.3, 0.4) is 0 Å². The Morgan fingerprint density at radius 1 is 1.05 bits per heavy atom. The van der Waals surface area contributed by atoms with Gasteiger partial charge in [0.2, 0.25) is 0 Å². The highest BCUT2D eigenvalue weighted by molar-refractivity contribution is 5.40. The van der Waals surface area contributed by atoms with Crippen LogP contribution in [0.15, 0.2) is 48.5 Å². The van der Waals surface area contributed by atoms with Gasteiger partial charge >= 0.3 is 0 Å². The lowest BCUT2D eigenvalue weighted by molar-refractivity contribution is 0.591. The van der Waals surface area contributed by atoms with Gasteiger partial charge in [-0.1, -0.05) is 61.9 Å². The van der Waals surface area contributed by atoms with Crippen molar-refractivity contribution in [2.75, 3.05) is 6.54 Å². The molecule has 0 aliphatic carbocycles. The lowest BCUT2D eigenvalue weighted by atomic mass is 9.85. The van der Waals surface area contributed by atoms with Gasteiger partial charge in [-0.3, -0.25) is 0 Å². The van der Waals surface area contributed by atoms with Gasteiger partial charge in [0.15, 0.2) is 0 Å². The summed E-state index contributed by atoms with van der Waals surface area (Å²) in [7, 11) is 0. The molecule has 0 amide bonds. The van der Waals surface area contributed by atoms with Crippen LogP contribution in [0, 0.1) is 0 Å². The maximum atomic E-state index is 3.53. The van der Waals surface area contributed by atoms with Gasteiger partial charge in [-0.25, -0.2) is 0 Å². The zero-order valence-corrected chi connectivity index (χ0v) is 11.5. The minimum atomic E-state index is 0.501. The molecule has 1 N–H and O–H groups in total. The van der Waals surface area contributed by atoms with Gasteiger partial charge in [0.05, 0.1) is 0 Å². The summed E-state index contributed by atoms with van der Waals surface area (Å²) in [5, 5.41) is 3.53. The Hall–Kier alpha value is -1.60. The molecule has 1 aliphatic heterocycles. The molecule has 3 rings (SSSR count). The Balaban J connectivity index is 1.90. The Morgan fingerprint density at radius 3 is 2.63 bits per heavy atom. The van der Waals surface area contributed by atoms with Crippen molar-refractivity contribution < 1.29 is 0 Å². The molecule has 0 aromatic heterocycles. The first kappa shape index (κ1) is 12.4. The van der Waals surface area contributed by atoms with Gasteiger partial charge in [-0.15, -0.1) is 0 Å². The quantitative estimate of drug-likeness (QED) is 0.873. The lowest BCUT2D eigenvalue weighted by Crippen LogP contribution is -2.28. The summed E-state index contributed by atoms with van der Waals surface area (Å²) < 4.78 is 0. The van der Waals surface area contributed by atoms with Crippen LogP contribution in [0.2, 0.25) is 0 Å². The number of hydrogen-bond acceptors (Lipinski definition) is 1. The van der Waals surface area contributed by atoms with Crippen LogP contribution in [0.5, 0.6) is 0 Å². The van der Waals surface area contributed by atoms with Crippen LogP contribution in [0.25, 0.3) is 0 Å². The molecule has 1 heteroatoms. The van der Waals surface area contributed by atoms with Crippen molar-refractivity contribution in [3.63, 3.8) is 0 Å². The zero-order valence-electron chi connectivity index (χ0n) is 11.5. The van der Waals surface area contributed by atoms with E-state index in [2.05, 4.69) is 60.8 Å². The Kier molecular flexibility index (Phi) is 3.65. The SMILES string of the molecule is CCCc1ccc(C2CNCc3ccccc32)cc1. The molecule has 0 spiro atoms. The molecule has 0 fully saturated rings. The van der Waals surface area contributed by atoms with E-state index in [1.54, 1.807) is 0 Å². The van der Waals surface area contributed by atoms with Crippen molar-refractivity contribution in [3.05, 3.63) is 70.8 Å². The van der Waals surface area contributed by atoms with Crippen molar-refractivity contribution >= 4 is 0 Å². The second-order valence-corrected chi connectivity index (χ2v) is 5.37. The molecule has 0 bridgehead atoms. The predicted molar refractivity (Wildman–Crippen MR) is 80.4 cm³/mol. The number of benzene rings is 2. The molecule has 1 aliphatic rings. The summed E-state index contributed by atoms with van der Waals surface area (Å²) in [4.78, 5) is 0. The molecular weight excluding hydrogens is 230 g/mol. The highest BCUT2D eigenvalue weighted by atomic mass is 14.9. The standard InChI is InChI=1S/C18H21N/c1-2-5-14-8-10-15(11-9-14)18-13-19-12-16-6-3-4-7-17(16)18/h3-4,6-11,18-19H,2,5,12-13H2,1H3. The Bertz CT molecular complexity index is 542. The van der Waals surface area contributed by atoms with E-state index < -0.39 is 0 Å². The topological polar surface area (TPSA) is 12.0 Å². The number of hydrogen-bond donors (Lipinski definition) is 1. The number of nitrogens with one attached hydrogen (secondary N) is 1. The Morgan fingerprint density at radius 2 is 1.84 bits per heavy atom. The van der Waals surface area contributed by atoms with Crippen LogP contribution < -0.4 is 5.32 Å². The number of fused-ring (bicyclic) bond motifs is 1. The molecule has 2 aromatic rings. The van der Waals surface area contributed by atoms with E-state index >= 15 is 0 Å². The van der Waals surface area contributed by atoms with E-state index in [1.165, 1.54) is 35.1 Å². The van der Waals surface area contributed by atoms with E-state index in [0.29, 0.717) is 5.92 Å². The first-order valence-corrected chi connectivity index (χ1v) is 7.26. The average Bonchev–Trinajstić information content (AvgIpc) is 2.48. The summed E-state index contributed by atoms with van der Waals surface area (Å²) in [5.41, 5.74) is 5.81. The summed E-state index contributed by atoms with van der Waals surface area (Å²) in [6.07, 6.45) is 2.40. The number of aryl methyl sites for hydroxylation is 1. The monoisotopic (exact) mass is 251 g/mol. The first-order chi connectivity index (χ1) is 9.38. The summed E-state index contributed by atoms with van der Waals surface area (Å²) in [6, 6.07) is 18.0. The van der Waals surface area contributed by atoms with Crippen molar-refractivity contribution in [3.8, 4) is 0 Å². The number of rotatable bonds is 3. The van der Waals surface area contributed by atoms with E-state index in [1.807, 2.05) is 0 Å². The Labute approximate surface area is 115 Å². The fourth-order valence-electron chi connectivity index (χ4n) is 3.00. The third-order valence-electron chi connectivity index (χ3n) is 4.02. The van der Waals surface area contributed by atoms with Crippen molar-refractivity contribution in [1.82, 2.24) is 5.32 Å². The van der Waals surface area contributed by atoms with E-state index in [4.69, 9.17) is 0 Å². The molecule has 1 unspecified atom stereocenters. The van der Waals surface area contributed by atoms with Crippen molar-refractivity contribution in [2.45, 2.75) is 32.2 Å². The van der Waals surface area contributed by atoms with Crippen molar-refractivity contribution in [2.24, 2.45) is 0 Å². The molecular formula is C18H21N. The van der Waals surface area contributed by atoms with E-state index in [9.17, 15) is 0 Å². The molecule has 1 heterocycles. The van der Waals surface area contributed by atoms with Gasteiger partial charge in [0.25, 0.3) is 0 Å². The van der Waals surface area contributed by atoms with E-state index in [-0.39, 0.29) is 0 Å². The molecule has 1 atom stereocenters. The molecule has 98 valence electrons. The lowest BCUT2D eigenvalue weighted by Gasteiger charge is -2.27. The fraction of sp³-hybridized carbons (Fsp3) is 0.333. The summed E-state index contributed by atoms with van der Waals surface area (Å²) >= 11 is 0. The van der Waals surface area contributed by atoms with Gasteiger partial charge in [0.1, 0.15) is 0 Å². The second kappa shape index (κ2) is 5.58.